The van der Waals surface area contributed by atoms with E-state index in [-0.39, 0.29) is 0 Å². The van der Waals surface area contributed by atoms with Crippen LogP contribution in [0.15, 0.2) is 12.2 Å². The van der Waals surface area contributed by atoms with E-state index in [1.807, 2.05) is 0 Å². The standard InChI is InChI=1S/C27H54/c1-11-21(5)15-17-26(27(9,10)14-4)18-16-25(19-22(6)12-2)20-24(8)23(7)13-3/h21-23,25-26H,8,11-20H2,1-7,9-10H3. The molecular weight excluding hydrogens is 324 g/mol. The van der Waals surface area contributed by atoms with Crippen LogP contribution < -0.4 is 0 Å². The van der Waals surface area contributed by atoms with Crippen molar-refractivity contribution in [2.75, 3.05) is 0 Å². The highest BCUT2D eigenvalue weighted by molar-refractivity contribution is 5.00. The van der Waals surface area contributed by atoms with E-state index in [2.05, 4.69) is 68.9 Å². The molecule has 0 saturated heterocycles. The molecule has 0 spiro atoms. The quantitative estimate of drug-likeness (QED) is 0.234. The molecule has 0 fully saturated rings. The average molecular weight is 379 g/mol. The zero-order valence-corrected chi connectivity index (χ0v) is 20.7. The van der Waals surface area contributed by atoms with Gasteiger partial charge in [0.25, 0.3) is 0 Å². The predicted molar refractivity (Wildman–Crippen MR) is 126 cm³/mol. The molecule has 0 rings (SSSR count). The van der Waals surface area contributed by atoms with E-state index in [0.717, 1.165) is 23.7 Å². The maximum atomic E-state index is 4.46. The van der Waals surface area contributed by atoms with Gasteiger partial charge in [0.1, 0.15) is 0 Å². The van der Waals surface area contributed by atoms with E-state index in [1.165, 1.54) is 69.8 Å². The molecule has 0 heteroatoms. The van der Waals surface area contributed by atoms with E-state index in [1.54, 1.807) is 0 Å². The maximum absolute atomic E-state index is 4.46. The van der Waals surface area contributed by atoms with E-state index in [9.17, 15) is 0 Å². The number of allylic oxidation sites excluding steroid dienone is 1. The van der Waals surface area contributed by atoms with Crippen molar-refractivity contribution >= 4 is 0 Å². The molecule has 0 aliphatic heterocycles. The maximum Gasteiger partial charge on any atom is -0.0237 e. The molecule has 0 aromatic heterocycles. The fraction of sp³-hybridized carbons (Fsp3) is 0.926. The second kappa shape index (κ2) is 13.8. The Balaban J connectivity index is 5.01. The van der Waals surface area contributed by atoms with Gasteiger partial charge in [-0.05, 0) is 73.5 Å². The molecular formula is C27H54. The third kappa shape index (κ3) is 10.7. The lowest BCUT2D eigenvalue weighted by atomic mass is 9.70. The van der Waals surface area contributed by atoms with Gasteiger partial charge in [-0.2, -0.15) is 0 Å². The second-order valence-corrected chi connectivity index (χ2v) is 10.5. The highest BCUT2D eigenvalue weighted by Gasteiger charge is 2.28. The SMILES string of the molecule is C=C(CC(CCC(CCC(C)CC)C(C)(C)CC)CC(C)CC)C(C)CC. The van der Waals surface area contributed by atoms with Crippen molar-refractivity contribution < 1.29 is 0 Å². The van der Waals surface area contributed by atoms with Crippen molar-refractivity contribution in [2.45, 2.75) is 127 Å². The summed E-state index contributed by atoms with van der Waals surface area (Å²) in [6, 6.07) is 0. The smallest absolute Gasteiger partial charge is 0.0237 e. The summed E-state index contributed by atoms with van der Waals surface area (Å²) in [5, 5.41) is 0. The molecule has 0 aliphatic rings. The second-order valence-electron chi connectivity index (χ2n) is 10.5. The van der Waals surface area contributed by atoms with Crippen LogP contribution >= 0.6 is 0 Å². The van der Waals surface area contributed by atoms with Crippen molar-refractivity contribution in [1.82, 2.24) is 0 Å². The van der Waals surface area contributed by atoms with Gasteiger partial charge < -0.3 is 0 Å². The van der Waals surface area contributed by atoms with Gasteiger partial charge >= 0.3 is 0 Å². The van der Waals surface area contributed by atoms with Crippen LogP contribution in [0.2, 0.25) is 0 Å². The largest absolute Gasteiger partial charge is 0.0996 e. The first-order chi connectivity index (χ1) is 12.6. The van der Waals surface area contributed by atoms with Crippen LogP contribution in [0.4, 0.5) is 0 Å². The van der Waals surface area contributed by atoms with Gasteiger partial charge in [-0.1, -0.05) is 100 Å². The van der Waals surface area contributed by atoms with Crippen molar-refractivity contribution in [3.05, 3.63) is 12.2 Å². The Morgan fingerprint density at radius 1 is 0.778 bits per heavy atom. The molecule has 5 atom stereocenters. The molecule has 162 valence electrons. The summed E-state index contributed by atoms with van der Waals surface area (Å²) in [7, 11) is 0. The Hall–Kier alpha value is -0.260. The molecule has 0 nitrogen and oxygen atoms in total. The summed E-state index contributed by atoms with van der Waals surface area (Å²) in [6.45, 7) is 26.1. The van der Waals surface area contributed by atoms with E-state index in [4.69, 9.17) is 0 Å². The summed E-state index contributed by atoms with van der Waals surface area (Å²) in [5.41, 5.74) is 1.97. The highest BCUT2D eigenvalue weighted by atomic mass is 14.3. The lowest BCUT2D eigenvalue weighted by molar-refractivity contribution is 0.155. The molecule has 0 saturated carbocycles. The van der Waals surface area contributed by atoms with Crippen LogP contribution in [0.3, 0.4) is 0 Å². The zero-order valence-electron chi connectivity index (χ0n) is 20.7. The number of hydrogen-bond acceptors (Lipinski definition) is 0. The summed E-state index contributed by atoms with van der Waals surface area (Å²) < 4.78 is 0. The summed E-state index contributed by atoms with van der Waals surface area (Å²) in [6.07, 6.45) is 13.4. The van der Waals surface area contributed by atoms with Crippen LogP contribution in [-0.2, 0) is 0 Å². The van der Waals surface area contributed by atoms with Crippen molar-refractivity contribution in [2.24, 2.45) is 35.0 Å². The van der Waals surface area contributed by atoms with Gasteiger partial charge in [0.05, 0.1) is 0 Å². The van der Waals surface area contributed by atoms with Crippen LogP contribution in [0.5, 0.6) is 0 Å². The third-order valence-electron chi connectivity index (χ3n) is 7.94. The molecule has 0 aromatic rings. The first-order valence-corrected chi connectivity index (χ1v) is 12.3. The van der Waals surface area contributed by atoms with Gasteiger partial charge in [-0.15, -0.1) is 0 Å². The Kier molecular flexibility index (Phi) is 13.7. The molecule has 0 aromatic carbocycles. The van der Waals surface area contributed by atoms with E-state index >= 15 is 0 Å². The molecule has 0 N–H and O–H groups in total. The Morgan fingerprint density at radius 3 is 1.81 bits per heavy atom. The Bertz CT molecular complexity index is 377. The first kappa shape index (κ1) is 26.7. The fourth-order valence-corrected chi connectivity index (χ4v) is 4.24. The predicted octanol–water partition coefficient (Wildman–Crippen LogP) is 9.69. The van der Waals surface area contributed by atoms with Crippen LogP contribution in [0.1, 0.15) is 127 Å². The molecule has 0 radical (unpaired) electrons. The van der Waals surface area contributed by atoms with Gasteiger partial charge in [0.2, 0.25) is 0 Å². The fourth-order valence-electron chi connectivity index (χ4n) is 4.24. The first-order valence-electron chi connectivity index (χ1n) is 12.3. The lowest BCUT2D eigenvalue weighted by Gasteiger charge is -2.36. The summed E-state index contributed by atoms with van der Waals surface area (Å²) in [4.78, 5) is 0. The minimum atomic E-state index is 0.474. The minimum Gasteiger partial charge on any atom is -0.0996 e. The van der Waals surface area contributed by atoms with E-state index < -0.39 is 0 Å². The number of rotatable bonds is 16. The van der Waals surface area contributed by atoms with Gasteiger partial charge in [0.15, 0.2) is 0 Å². The highest BCUT2D eigenvalue weighted by Crippen LogP contribution is 2.40. The molecule has 27 heavy (non-hydrogen) atoms. The van der Waals surface area contributed by atoms with Crippen molar-refractivity contribution in [3.63, 3.8) is 0 Å². The lowest BCUT2D eigenvalue weighted by Crippen LogP contribution is -2.25. The number of hydrogen-bond donors (Lipinski definition) is 0. The molecule has 5 unspecified atom stereocenters. The molecule has 0 amide bonds. The zero-order chi connectivity index (χ0) is 21.0. The Morgan fingerprint density at radius 2 is 1.33 bits per heavy atom. The van der Waals surface area contributed by atoms with E-state index in [0.29, 0.717) is 11.3 Å². The molecule has 0 heterocycles. The van der Waals surface area contributed by atoms with Crippen molar-refractivity contribution in [1.29, 1.82) is 0 Å². The molecule has 0 aliphatic carbocycles. The van der Waals surface area contributed by atoms with Crippen molar-refractivity contribution in [3.8, 4) is 0 Å². The van der Waals surface area contributed by atoms with Gasteiger partial charge in [0, 0.05) is 0 Å². The normalized spacial score (nSPS) is 18.0. The monoisotopic (exact) mass is 378 g/mol. The average Bonchev–Trinajstić information content (AvgIpc) is 2.65. The van der Waals surface area contributed by atoms with Gasteiger partial charge in [-0.3, -0.25) is 0 Å². The third-order valence-corrected chi connectivity index (χ3v) is 7.94. The summed E-state index contributed by atoms with van der Waals surface area (Å²) >= 11 is 0. The Labute approximate surface area is 174 Å². The van der Waals surface area contributed by atoms with Crippen LogP contribution in [-0.4, -0.2) is 0 Å². The van der Waals surface area contributed by atoms with Crippen LogP contribution in [0, 0.1) is 35.0 Å². The minimum absolute atomic E-state index is 0.474. The molecule has 0 bridgehead atoms. The van der Waals surface area contributed by atoms with Crippen LogP contribution in [0.25, 0.3) is 0 Å². The topological polar surface area (TPSA) is 0 Å². The summed E-state index contributed by atoms with van der Waals surface area (Å²) in [5.74, 6) is 4.10. The van der Waals surface area contributed by atoms with Gasteiger partial charge in [-0.25, -0.2) is 0 Å².